The van der Waals surface area contributed by atoms with Gasteiger partial charge in [0, 0.05) is 23.3 Å². The topological polar surface area (TPSA) is 156 Å². The summed E-state index contributed by atoms with van der Waals surface area (Å²) >= 11 is 0. The molecule has 0 bridgehead atoms. The van der Waals surface area contributed by atoms with Crippen LogP contribution >= 0.6 is 0 Å². The fourth-order valence-corrected chi connectivity index (χ4v) is 5.58. The SMILES string of the molecule is Cc1cc(O)c2c(c1)C(=C1c3cc(C)cc(O)c3C(=O)c3c(O)cc(O)cc31)c1cc(O)cc(O)c1C2=O. The van der Waals surface area contributed by atoms with Gasteiger partial charge in [-0.15, -0.1) is 0 Å². The number of carbonyl (C=O) groups is 2. The molecule has 38 heavy (non-hydrogen) atoms. The second-order valence-corrected chi connectivity index (χ2v) is 9.60. The van der Waals surface area contributed by atoms with Crippen molar-refractivity contribution < 1.29 is 40.2 Å². The summed E-state index contributed by atoms with van der Waals surface area (Å²) in [6, 6.07) is 10.7. The van der Waals surface area contributed by atoms with Gasteiger partial charge in [0.2, 0.25) is 11.6 Å². The highest BCUT2D eigenvalue weighted by atomic mass is 16.3. The number of carbonyl (C=O) groups excluding carboxylic acids is 2. The van der Waals surface area contributed by atoms with Crippen molar-refractivity contribution in [3.63, 3.8) is 0 Å². The van der Waals surface area contributed by atoms with E-state index < -0.39 is 23.1 Å². The molecule has 2 aliphatic rings. The van der Waals surface area contributed by atoms with Crippen molar-refractivity contribution in [2.75, 3.05) is 0 Å². The van der Waals surface area contributed by atoms with E-state index >= 15 is 0 Å². The fraction of sp³-hybridized carbons (Fsp3) is 0.0667. The highest BCUT2D eigenvalue weighted by molar-refractivity contribution is 6.29. The maximum absolute atomic E-state index is 13.6. The molecule has 0 saturated heterocycles. The normalized spacial score (nSPS) is 15.5. The Balaban J connectivity index is 1.93. The zero-order valence-electron chi connectivity index (χ0n) is 20.1. The van der Waals surface area contributed by atoms with Gasteiger partial charge in [0.05, 0.1) is 22.3 Å². The van der Waals surface area contributed by atoms with E-state index in [1.807, 2.05) is 0 Å². The maximum atomic E-state index is 13.6. The third-order valence-electron chi connectivity index (χ3n) is 6.96. The summed E-state index contributed by atoms with van der Waals surface area (Å²) in [5.41, 5.74) is 1.80. The predicted octanol–water partition coefficient (Wildman–Crippen LogP) is 4.63. The Morgan fingerprint density at radius 3 is 1.05 bits per heavy atom. The number of hydrogen-bond donors (Lipinski definition) is 6. The van der Waals surface area contributed by atoms with E-state index in [4.69, 9.17) is 0 Å². The number of aromatic hydroxyl groups is 6. The van der Waals surface area contributed by atoms with Gasteiger partial charge in [0.25, 0.3) is 0 Å². The lowest BCUT2D eigenvalue weighted by molar-refractivity contribution is 0.102. The van der Waals surface area contributed by atoms with Crippen LogP contribution in [-0.2, 0) is 0 Å². The Morgan fingerprint density at radius 2 is 0.711 bits per heavy atom. The first-order valence-electron chi connectivity index (χ1n) is 11.6. The summed E-state index contributed by atoms with van der Waals surface area (Å²) in [6.45, 7) is 3.42. The van der Waals surface area contributed by atoms with Crippen LogP contribution in [0.3, 0.4) is 0 Å². The number of phenols is 6. The Labute approximate surface area is 215 Å². The summed E-state index contributed by atoms with van der Waals surface area (Å²) in [4.78, 5) is 27.1. The van der Waals surface area contributed by atoms with Gasteiger partial charge in [-0.05, 0) is 71.5 Å². The van der Waals surface area contributed by atoms with Gasteiger partial charge in [-0.25, -0.2) is 0 Å². The number of benzene rings is 4. The summed E-state index contributed by atoms with van der Waals surface area (Å²) in [6.07, 6.45) is 0. The first-order valence-corrected chi connectivity index (χ1v) is 11.6. The number of ketones is 2. The van der Waals surface area contributed by atoms with Gasteiger partial charge >= 0.3 is 0 Å². The van der Waals surface area contributed by atoms with E-state index in [1.165, 1.54) is 24.3 Å². The highest BCUT2D eigenvalue weighted by Gasteiger charge is 2.39. The van der Waals surface area contributed by atoms with E-state index in [1.54, 1.807) is 26.0 Å². The quantitative estimate of drug-likeness (QED) is 0.173. The minimum absolute atomic E-state index is 0.104. The standard InChI is InChI=1S/C30H20O8/c1-11-3-15-23(17-7-13(31)9-21(35)27(17)29(37)25(15)19(33)5-11)24-16-4-12(2)6-20(34)26(16)30(38)28-18(24)8-14(32)10-22(28)36/h3-10,31-36H,1-2H3. The molecule has 6 rings (SSSR count). The molecule has 0 saturated carbocycles. The van der Waals surface area contributed by atoms with E-state index in [0.29, 0.717) is 11.1 Å². The third-order valence-corrected chi connectivity index (χ3v) is 6.96. The Morgan fingerprint density at radius 1 is 0.421 bits per heavy atom. The molecule has 0 aromatic heterocycles. The largest absolute Gasteiger partial charge is 0.508 e. The molecule has 8 nitrogen and oxygen atoms in total. The number of aryl methyl sites for hydroxylation is 2. The zero-order valence-corrected chi connectivity index (χ0v) is 20.1. The molecule has 0 atom stereocenters. The van der Waals surface area contributed by atoms with Crippen LogP contribution in [0, 0.1) is 13.8 Å². The van der Waals surface area contributed by atoms with Crippen LogP contribution in [0.1, 0.15) is 65.2 Å². The monoisotopic (exact) mass is 508 g/mol. The van der Waals surface area contributed by atoms with E-state index in [2.05, 4.69) is 0 Å². The third kappa shape index (κ3) is 3.03. The molecular weight excluding hydrogens is 488 g/mol. The zero-order chi connectivity index (χ0) is 27.2. The van der Waals surface area contributed by atoms with Gasteiger partial charge in [0.1, 0.15) is 34.5 Å². The average Bonchev–Trinajstić information content (AvgIpc) is 2.78. The Kier molecular flexibility index (Phi) is 4.65. The van der Waals surface area contributed by atoms with Crippen molar-refractivity contribution in [1.82, 2.24) is 0 Å². The lowest BCUT2D eigenvalue weighted by atomic mass is 9.71. The van der Waals surface area contributed by atoms with Crippen LogP contribution in [0.5, 0.6) is 34.5 Å². The maximum Gasteiger partial charge on any atom is 0.201 e. The van der Waals surface area contributed by atoms with Gasteiger partial charge in [-0.2, -0.15) is 0 Å². The Hall–Kier alpha value is -5.24. The minimum Gasteiger partial charge on any atom is -0.508 e. The highest BCUT2D eigenvalue weighted by Crippen LogP contribution is 2.53. The number of rotatable bonds is 0. The Bertz CT molecular complexity index is 1570. The first-order chi connectivity index (χ1) is 18.0. The second kappa shape index (κ2) is 7.63. The van der Waals surface area contributed by atoms with Gasteiger partial charge in [-0.3, -0.25) is 9.59 Å². The molecule has 0 heterocycles. The molecule has 4 aromatic carbocycles. The number of phenolic OH excluding ortho intramolecular Hbond substituents is 6. The molecule has 0 spiro atoms. The molecule has 6 N–H and O–H groups in total. The van der Waals surface area contributed by atoms with E-state index in [0.717, 1.165) is 12.1 Å². The van der Waals surface area contributed by atoms with Gasteiger partial charge in [-0.1, -0.05) is 12.1 Å². The molecule has 4 aromatic rings. The van der Waals surface area contributed by atoms with Crippen LogP contribution < -0.4 is 0 Å². The van der Waals surface area contributed by atoms with E-state index in [9.17, 15) is 40.2 Å². The number of hydrogen-bond acceptors (Lipinski definition) is 8. The van der Waals surface area contributed by atoms with Crippen LogP contribution in [0.25, 0.3) is 11.1 Å². The predicted molar refractivity (Wildman–Crippen MR) is 137 cm³/mol. The minimum atomic E-state index is -0.674. The smallest absolute Gasteiger partial charge is 0.201 e. The molecule has 0 unspecified atom stereocenters. The first kappa shape index (κ1) is 23.2. The molecule has 0 amide bonds. The van der Waals surface area contributed by atoms with Gasteiger partial charge < -0.3 is 30.6 Å². The molecule has 2 aliphatic carbocycles. The molecule has 188 valence electrons. The van der Waals surface area contributed by atoms with Crippen molar-refractivity contribution in [2.24, 2.45) is 0 Å². The molecule has 0 fully saturated rings. The summed E-state index contributed by atoms with van der Waals surface area (Å²) in [7, 11) is 0. The lowest BCUT2D eigenvalue weighted by Gasteiger charge is -2.30. The van der Waals surface area contributed by atoms with Crippen molar-refractivity contribution >= 4 is 22.7 Å². The summed E-state index contributed by atoms with van der Waals surface area (Å²) < 4.78 is 0. The molecular formula is C30H20O8. The fourth-order valence-electron chi connectivity index (χ4n) is 5.58. The van der Waals surface area contributed by atoms with Crippen molar-refractivity contribution in [3.05, 3.63) is 104 Å². The van der Waals surface area contributed by atoms with Crippen LogP contribution in [0.4, 0.5) is 0 Å². The second-order valence-electron chi connectivity index (χ2n) is 9.60. The lowest BCUT2D eigenvalue weighted by Crippen LogP contribution is -2.20. The van der Waals surface area contributed by atoms with Crippen molar-refractivity contribution in [2.45, 2.75) is 13.8 Å². The van der Waals surface area contributed by atoms with E-state index in [-0.39, 0.29) is 78.7 Å². The molecule has 8 heteroatoms. The van der Waals surface area contributed by atoms with Crippen LogP contribution in [-0.4, -0.2) is 42.2 Å². The molecule has 0 aliphatic heterocycles. The van der Waals surface area contributed by atoms with Gasteiger partial charge in [0.15, 0.2) is 0 Å². The van der Waals surface area contributed by atoms with Crippen molar-refractivity contribution in [1.29, 1.82) is 0 Å². The van der Waals surface area contributed by atoms with Crippen LogP contribution in [0.2, 0.25) is 0 Å². The number of fused-ring (bicyclic) bond motifs is 4. The van der Waals surface area contributed by atoms with Crippen molar-refractivity contribution in [3.8, 4) is 34.5 Å². The summed E-state index contributed by atoms with van der Waals surface area (Å²) in [5.74, 6) is -3.74. The van der Waals surface area contributed by atoms with Crippen LogP contribution in [0.15, 0.2) is 48.5 Å². The summed E-state index contributed by atoms with van der Waals surface area (Å²) in [5, 5.41) is 64.0. The molecule has 0 radical (unpaired) electrons. The average molecular weight is 508 g/mol.